The van der Waals surface area contributed by atoms with Crippen molar-refractivity contribution in [2.75, 3.05) is 5.32 Å². The first-order chi connectivity index (χ1) is 16.9. The molecule has 0 saturated heterocycles. The second kappa shape index (κ2) is 8.53. The number of benzene rings is 2. The monoisotopic (exact) mass is 494 g/mol. The van der Waals surface area contributed by atoms with Gasteiger partial charge in [0.05, 0.1) is 5.41 Å². The van der Waals surface area contributed by atoms with E-state index in [0.29, 0.717) is 24.2 Å². The summed E-state index contributed by atoms with van der Waals surface area (Å²) >= 11 is 0. The number of anilines is 1. The van der Waals surface area contributed by atoms with Gasteiger partial charge < -0.3 is 19.4 Å². The molecular weight excluding hydrogens is 461 g/mol. The molecule has 0 spiro atoms. The molecule has 2 aromatic carbocycles. The molecule has 1 N–H and O–H groups in total. The summed E-state index contributed by atoms with van der Waals surface area (Å²) in [5.41, 5.74) is 3.07. The smallest absolute Gasteiger partial charge is 0.395 e. The highest BCUT2D eigenvalue weighted by molar-refractivity contribution is 6.11. The van der Waals surface area contributed by atoms with Crippen molar-refractivity contribution >= 4 is 30.3 Å². The molecular formula is C28H33BF2N2O3. The molecule has 1 unspecified atom stereocenters. The Labute approximate surface area is 211 Å². The van der Waals surface area contributed by atoms with Crippen LogP contribution >= 0.6 is 0 Å². The lowest BCUT2D eigenvalue weighted by Crippen LogP contribution is -2.27. The molecule has 0 bridgehead atoms. The zero-order valence-corrected chi connectivity index (χ0v) is 21.6. The van der Waals surface area contributed by atoms with Gasteiger partial charge in [-0.15, -0.1) is 8.78 Å². The minimum Gasteiger partial charge on any atom is -0.395 e. The molecule has 2 aliphatic rings. The molecule has 1 saturated carbocycles. The number of hydrogen-bond acceptors (Lipinski definition) is 3. The zero-order valence-electron chi connectivity index (χ0n) is 21.6. The summed E-state index contributed by atoms with van der Waals surface area (Å²) in [5.74, 6) is 0.381. The van der Waals surface area contributed by atoms with Gasteiger partial charge >= 0.3 is 6.29 Å². The third-order valence-corrected chi connectivity index (χ3v) is 7.34. The number of ether oxygens (including phenoxy) is 2. The predicted octanol–water partition coefficient (Wildman–Crippen LogP) is 6.15. The SMILES string of the molecule is BC(CCC)Cn1c(C(C)(C)C)cc2cc(NC(=O)C3(c4ccc5c(c4)OC(F)(F)O5)CC3)ccc21. The Morgan fingerprint density at radius 2 is 1.83 bits per heavy atom. The highest BCUT2D eigenvalue weighted by atomic mass is 19.3. The van der Waals surface area contributed by atoms with Crippen LogP contribution < -0.4 is 14.8 Å². The van der Waals surface area contributed by atoms with Crippen molar-refractivity contribution in [1.82, 2.24) is 4.57 Å². The van der Waals surface area contributed by atoms with Gasteiger partial charge in [-0.3, -0.25) is 4.79 Å². The Kier molecular flexibility index (Phi) is 5.84. The van der Waals surface area contributed by atoms with Gasteiger partial charge in [0, 0.05) is 34.2 Å². The number of carbonyl (C=O) groups is 1. The Bertz CT molecular complexity index is 1320. The molecule has 36 heavy (non-hydrogen) atoms. The number of amides is 1. The first-order valence-electron chi connectivity index (χ1n) is 12.8. The molecule has 5 nitrogen and oxygen atoms in total. The van der Waals surface area contributed by atoms with Crippen LogP contribution in [0.1, 0.15) is 64.6 Å². The van der Waals surface area contributed by atoms with Crippen LogP contribution in [0.4, 0.5) is 14.5 Å². The van der Waals surface area contributed by atoms with E-state index in [1.807, 2.05) is 12.1 Å². The Hall–Kier alpha value is -3.03. The van der Waals surface area contributed by atoms with E-state index < -0.39 is 11.7 Å². The van der Waals surface area contributed by atoms with Gasteiger partial charge in [0.1, 0.15) is 7.85 Å². The van der Waals surface area contributed by atoms with Gasteiger partial charge in [-0.2, -0.15) is 0 Å². The maximum atomic E-state index is 13.4. The van der Waals surface area contributed by atoms with Crippen molar-refractivity contribution in [3.8, 4) is 11.5 Å². The molecule has 1 amide bonds. The number of nitrogens with zero attached hydrogens (tertiary/aromatic N) is 1. The minimum atomic E-state index is -3.67. The first-order valence-corrected chi connectivity index (χ1v) is 12.8. The summed E-state index contributed by atoms with van der Waals surface area (Å²) in [6, 6.07) is 12.9. The normalized spacial score (nSPS) is 18.3. The third-order valence-electron chi connectivity index (χ3n) is 7.34. The molecule has 1 fully saturated rings. The standard InChI is InChI=1S/C28H33BF2N2O3/c1-5-6-19(29)16-33-21-9-8-20(13-17(21)14-24(33)26(2,3)4)32-25(34)27(11-12-27)18-7-10-22-23(15-18)36-28(30,31)35-22/h7-10,13-15,19H,5-6,11-12,16,29H2,1-4H3,(H,32,34). The van der Waals surface area contributed by atoms with E-state index in [0.717, 1.165) is 24.0 Å². The molecule has 1 aliphatic carbocycles. The fourth-order valence-electron chi connectivity index (χ4n) is 5.33. The topological polar surface area (TPSA) is 52.5 Å². The van der Waals surface area contributed by atoms with Crippen molar-refractivity contribution in [2.45, 2.75) is 82.9 Å². The Balaban J connectivity index is 1.40. The number of aromatic nitrogens is 1. The number of nitrogens with one attached hydrogen (secondary N) is 1. The van der Waals surface area contributed by atoms with E-state index >= 15 is 0 Å². The third kappa shape index (κ3) is 4.46. The Morgan fingerprint density at radius 3 is 2.50 bits per heavy atom. The zero-order chi connectivity index (χ0) is 25.9. The van der Waals surface area contributed by atoms with E-state index in [2.05, 4.69) is 67.0 Å². The molecule has 3 aromatic rings. The highest BCUT2D eigenvalue weighted by Gasteiger charge is 2.52. The number of fused-ring (bicyclic) bond motifs is 2. The molecule has 5 rings (SSSR count). The van der Waals surface area contributed by atoms with E-state index in [1.165, 1.54) is 29.8 Å². The van der Waals surface area contributed by atoms with Crippen LogP contribution in [-0.2, 0) is 22.2 Å². The largest absolute Gasteiger partial charge is 0.586 e. The molecule has 190 valence electrons. The van der Waals surface area contributed by atoms with Crippen LogP contribution in [0.15, 0.2) is 42.5 Å². The van der Waals surface area contributed by atoms with Crippen molar-refractivity contribution in [2.24, 2.45) is 0 Å². The number of alkyl halides is 2. The molecule has 8 heteroatoms. The summed E-state index contributed by atoms with van der Waals surface area (Å²) < 4.78 is 38.4. The summed E-state index contributed by atoms with van der Waals surface area (Å²) in [7, 11) is 2.29. The van der Waals surface area contributed by atoms with Crippen LogP contribution in [0, 0.1) is 0 Å². The Morgan fingerprint density at radius 1 is 1.11 bits per heavy atom. The van der Waals surface area contributed by atoms with Crippen molar-refractivity contribution < 1.29 is 23.0 Å². The number of rotatable bonds is 7. The molecule has 1 aliphatic heterocycles. The van der Waals surface area contributed by atoms with Gasteiger partial charge in [-0.25, -0.2) is 0 Å². The first kappa shape index (κ1) is 24.7. The summed E-state index contributed by atoms with van der Waals surface area (Å²) in [6.45, 7) is 9.85. The lowest BCUT2D eigenvalue weighted by atomic mass is 9.83. The van der Waals surface area contributed by atoms with Crippen LogP contribution in [0.2, 0.25) is 5.82 Å². The number of hydrogen-bond donors (Lipinski definition) is 1. The van der Waals surface area contributed by atoms with Crippen LogP contribution in [0.5, 0.6) is 11.5 Å². The second-order valence-electron chi connectivity index (χ2n) is 11.4. The van der Waals surface area contributed by atoms with Crippen LogP contribution in [-0.4, -0.2) is 24.6 Å². The second-order valence-corrected chi connectivity index (χ2v) is 11.4. The van der Waals surface area contributed by atoms with Crippen molar-refractivity contribution in [1.29, 1.82) is 0 Å². The summed E-state index contributed by atoms with van der Waals surface area (Å²) in [4.78, 5) is 13.4. The molecule has 1 atom stereocenters. The van der Waals surface area contributed by atoms with E-state index in [1.54, 1.807) is 6.07 Å². The van der Waals surface area contributed by atoms with Gasteiger partial charge in [0.2, 0.25) is 5.91 Å². The van der Waals surface area contributed by atoms with Crippen LogP contribution in [0.3, 0.4) is 0 Å². The van der Waals surface area contributed by atoms with Crippen LogP contribution in [0.25, 0.3) is 10.9 Å². The maximum absolute atomic E-state index is 13.4. The van der Waals surface area contributed by atoms with Gasteiger partial charge in [-0.05, 0) is 54.8 Å². The lowest BCUT2D eigenvalue weighted by Gasteiger charge is -2.24. The fraction of sp³-hybridized carbons (Fsp3) is 0.464. The average molecular weight is 494 g/mol. The van der Waals surface area contributed by atoms with Crippen molar-refractivity contribution in [3.05, 3.63) is 53.7 Å². The maximum Gasteiger partial charge on any atom is 0.586 e. The van der Waals surface area contributed by atoms with Gasteiger partial charge in [0.25, 0.3) is 0 Å². The summed E-state index contributed by atoms with van der Waals surface area (Å²) in [6.07, 6.45) is -0.0358. The minimum absolute atomic E-state index is 0.0113. The molecule has 2 heterocycles. The number of carbonyl (C=O) groups excluding carboxylic acids is 1. The summed E-state index contributed by atoms with van der Waals surface area (Å²) in [5, 5.41) is 4.17. The molecule has 0 radical (unpaired) electrons. The lowest BCUT2D eigenvalue weighted by molar-refractivity contribution is -0.286. The van der Waals surface area contributed by atoms with E-state index in [9.17, 15) is 13.6 Å². The highest BCUT2D eigenvalue weighted by Crippen LogP contribution is 2.52. The van der Waals surface area contributed by atoms with E-state index in [4.69, 9.17) is 0 Å². The number of halogens is 2. The van der Waals surface area contributed by atoms with Gasteiger partial charge in [-0.1, -0.05) is 52.4 Å². The fourth-order valence-corrected chi connectivity index (χ4v) is 5.33. The van der Waals surface area contributed by atoms with E-state index in [-0.39, 0.29) is 22.8 Å². The molecule has 1 aromatic heterocycles. The average Bonchev–Trinajstić information content (AvgIpc) is 3.43. The predicted molar refractivity (Wildman–Crippen MR) is 140 cm³/mol. The quantitative estimate of drug-likeness (QED) is 0.401. The van der Waals surface area contributed by atoms with Gasteiger partial charge in [0.15, 0.2) is 11.5 Å². The van der Waals surface area contributed by atoms with Crippen molar-refractivity contribution in [3.63, 3.8) is 0 Å².